The summed E-state index contributed by atoms with van der Waals surface area (Å²) in [5.41, 5.74) is 3.81. The van der Waals surface area contributed by atoms with Gasteiger partial charge in [0.05, 0.1) is 0 Å². The van der Waals surface area contributed by atoms with Crippen LogP contribution in [0.15, 0.2) is 40.5 Å². The van der Waals surface area contributed by atoms with E-state index >= 15 is 0 Å². The Hall–Kier alpha value is -1.93. The van der Waals surface area contributed by atoms with E-state index in [0.717, 1.165) is 0 Å². The summed E-state index contributed by atoms with van der Waals surface area (Å²) in [7, 11) is 0. The third kappa shape index (κ3) is 1.22. The smallest absolute Gasteiger partial charge is 0.332 e. The fourth-order valence-electron chi connectivity index (χ4n) is 1.40. The first kappa shape index (κ1) is 8.66. The minimum absolute atomic E-state index is 0.318. The summed E-state index contributed by atoms with van der Waals surface area (Å²) in [4.78, 5) is 11.0. The van der Waals surface area contributed by atoms with Crippen molar-refractivity contribution in [1.82, 2.24) is 0 Å². The van der Waals surface area contributed by atoms with Crippen LogP contribution in [0.2, 0.25) is 0 Å². The number of fused-ring (bicyclic) bond motifs is 1. The Balaban J connectivity index is 2.58. The van der Waals surface area contributed by atoms with Crippen LogP contribution in [0, 0.1) is 0 Å². The molecule has 2 aliphatic rings. The lowest BCUT2D eigenvalue weighted by atomic mass is 9.96. The lowest BCUT2D eigenvalue weighted by Crippen LogP contribution is -2.24. The zero-order chi connectivity index (χ0) is 10.3. The summed E-state index contributed by atoms with van der Waals surface area (Å²) in [6, 6.07) is 0. The average Bonchev–Trinajstić information content (AvgIpc) is 2.08. The highest BCUT2D eigenvalue weighted by Crippen LogP contribution is 2.27. The summed E-state index contributed by atoms with van der Waals surface area (Å²) >= 11 is 0. The highest BCUT2D eigenvalue weighted by molar-refractivity contribution is 5.86. The van der Waals surface area contributed by atoms with Crippen molar-refractivity contribution in [3.63, 3.8) is 0 Å². The van der Waals surface area contributed by atoms with Crippen LogP contribution in [-0.4, -0.2) is 22.3 Å². The third-order valence-corrected chi connectivity index (χ3v) is 2.09. The molecular formula is C10H8O4. The van der Waals surface area contributed by atoms with Crippen molar-refractivity contribution in [2.45, 2.75) is 13.0 Å². The highest BCUT2D eigenvalue weighted by Gasteiger charge is 2.27. The van der Waals surface area contributed by atoms with Gasteiger partial charge < -0.3 is 14.9 Å². The fourth-order valence-corrected chi connectivity index (χ4v) is 1.40. The van der Waals surface area contributed by atoms with Crippen LogP contribution in [-0.2, 0) is 9.53 Å². The molecule has 0 radical (unpaired) electrons. The van der Waals surface area contributed by atoms with E-state index in [9.17, 15) is 15.0 Å². The highest BCUT2D eigenvalue weighted by atomic mass is 16.5. The molecule has 2 N–H and O–H groups in total. The van der Waals surface area contributed by atoms with Crippen molar-refractivity contribution in [2.75, 3.05) is 0 Å². The Morgan fingerprint density at radius 1 is 1.50 bits per heavy atom. The van der Waals surface area contributed by atoms with Crippen LogP contribution in [0.5, 0.6) is 0 Å². The van der Waals surface area contributed by atoms with Crippen LogP contribution in [0.25, 0.3) is 0 Å². The van der Waals surface area contributed by atoms with Crippen LogP contribution >= 0.6 is 0 Å². The van der Waals surface area contributed by atoms with Crippen molar-refractivity contribution >= 4 is 5.97 Å². The SMILES string of the molecule is CC1=CC(=O)OC2C=C(O)C(O)=C=C12. The van der Waals surface area contributed by atoms with Crippen molar-refractivity contribution < 1.29 is 19.7 Å². The zero-order valence-corrected chi connectivity index (χ0v) is 7.44. The molecule has 0 amide bonds. The number of hydrogen-bond acceptors (Lipinski definition) is 4. The maximum atomic E-state index is 11.0. The van der Waals surface area contributed by atoms with Gasteiger partial charge in [-0.3, -0.25) is 0 Å². The molecule has 1 aliphatic carbocycles. The number of aliphatic hydroxyl groups excluding tert-OH is 2. The molecule has 14 heavy (non-hydrogen) atoms. The van der Waals surface area contributed by atoms with E-state index < -0.39 is 12.1 Å². The predicted molar refractivity (Wildman–Crippen MR) is 47.5 cm³/mol. The second-order valence-electron chi connectivity index (χ2n) is 3.12. The Kier molecular flexibility index (Phi) is 1.72. The fraction of sp³-hybridized carbons (Fsp3) is 0.200. The largest absolute Gasteiger partial charge is 0.504 e. The summed E-state index contributed by atoms with van der Waals surface area (Å²) in [6.45, 7) is 1.72. The summed E-state index contributed by atoms with van der Waals surface area (Å²) in [5.74, 6) is -1.10. The lowest BCUT2D eigenvalue weighted by molar-refractivity contribution is -0.140. The van der Waals surface area contributed by atoms with Gasteiger partial charge in [-0.15, -0.1) is 0 Å². The summed E-state index contributed by atoms with van der Waals surface area (Å²) < 4.78 is 4.90. The molecule has 1 unspecified atom stereocenters. The molecule has 4 nitrogen and oxygen atoms in total. The van der Waals surface area contributed by atoms with Crippen molar-refractivity contribution in [2.24, 2.45) is 0 Å². The molecule has 0 saturated heterocycles. The van der Waals surface area contributed by atoms with E-state index in [0.29, 0.717) is 11.1 Å². The number of aliphatic hydroxyl groups is 2. The lowest BCUT2D eigenvalue weighted by Gasteiger charge is -2.22. The summed E-state index contributed by atoms with van der Waals surface area (Å²) in [6.07, 6.45) is 1.96. The molecule has 2 rings (SSSR count). The maximum Gasteiger partial charge on any atom is 0.332 e. The monoisotopic (exact) mass is 192 g/mol. The van der Waals surface area contributed by atoms with E-state index in [-0.39, 0.29) is 11.5 Å². The number of hydrogen-bond donors (Lipinski definition) is 2. The van der Waals surface area contributed by atoms with E-state index in [2.05, 4.69) is 5.73 Å². The van der Waals surface area contributed by atoms with Crippen LogP contribution < -0.4 is 0 Å². The first-order chi connectivity index (χ1) is 6.58. The zero-order valence-electron chi connectivity index (χ0n) is 7.44. The Morgan fingerprint density at radius 2 is 2.21 bits per heavy atom. The molecule has 4 heteroatoms. The first-order valence-corrected chi connectivity index (χ1v) is 4.08. The molecule has 0 fully saturated rings. The first-order valence-electron chi connectivity index (χ1n) is 4.08. The Bertz CT molecular complexity index is 433. The molecule has 0 aromatic heterocycles. The molecular weight excluding hydrogens is 184 g/mol. The number of carbonyl (C=O) groups is 1. The molecule has 0 aromatic carbocycles. The van der Waals surface area contributed by atoms with Gasteiger partial charge in [-0.05, 0) is 12.5 Å². The van der Waals surface area contributed by atoms with Crippen molar-refractivity contribution in [3.8, 4) is 0 Å². The van der Waals surface area contributed by atoms with E-state index in [1.54, 1.807) is 6.92 Å². The molecule has 0 saturated carbocycles. The number of carbonyl (C=O) groups excluding carboxylic acids is 1. The maximum absolute atomic E-state index is 11.0. The van der Waals surface area contributed by atoms with E-state index in [1.165, 1.54) is 12.2 Å². The number of rotatable bonds is 0. The Morgan fingerprint density at radius 3 is 2.93 bits per heavy atom. The number of ether oxygens (including phenoxy) is 1. The predicted octanol–water partition coefficient (Wildman–Crippen LogP) is 1.28. The van der Waals surface area contributed by atoms with Gasteiger partial charge in [0.25, 0.3) is 0 Å². The molecule has 1 aliphatic heterocycles. The van der Waals surface area contributed by atoms with Gasteiger partial charge in [-0.25, -0.2) is 4.79 Å². The van der Waals surface area contributed by atoms with E-state index in [4.69, 9.17) is 4.74 Å². The second kappa shape index (κ2) is 2.79. The molecule has 0 spiro atoms. The molecule has 0 aromatic rings. The molecule has 0 bridgehead atoms. The Labute approximate surface area is 80.1 Å². The second-order valence-corrected chi connectivity index (χ2v) is 3.12. The topological polar surface area (TPSA) is 66.8 Å². The number of esters is 1. The minimum Gasteiger partial charge on any atom is -0.504 e. The van der Waals surface area contributed by atoms with Gasteiger partial charge in [0.2, 0.25) is 5.76 Å². The standard InChI is InChI=1S/C10H8O4/c1-5-2-10(13)14-9-4-8(12)7(11)3-6(5)9/h2,4,9,11-12H,1H3. The van der Waals surface area contributed by atoms with Crippen LogP contribution in [0.4, 0.5) is 0 Å². The molecule has 72 valence electrons. The minimum atomic E-state index is -0.636. The quantitative estimate of drug-likeness (QED) is 0.448. The van der Waals surface area contributed by atoms with Crippen molar-refractivity contribution in [3.05, 3.63) is 40.5 Å². The molecule has 1 atom stereocenters. The third-order valence-electron chi connectivity index (χ3n) is 2.09. The average molecular weight is 192 g/mol. The summed E-state index contributed by atoms with van der Waals surface area (Å²) in [5, 5.41) is 18.4. The van der Waals surface area contributed by atoms with Crippen molar-refractivity contribution in [1.29, 1.82) is 0 Å². The van der Waals surface area contributed by atoms with Gasteiger partial charge in [-0.1, -0.05) is 5.73 Å². The van der Waals surface area contributed by atoms with Gasteiger partial charge in [-0.2, -0.15) is 0 Å². The van der Waals surface area contributed by atoms with Crippen LogP contribution in [0.3, 0.4) is 0 Å². The molecule has 1 heterocycles. The van der Waals surface area contributed by atoms with Gasteiger partial charge in [0.1, 0.15) is 0 Å². The van der Waals surface area contributed by atoms with Crippen LogP contribution in [0.1, 0.15) is 6.92 Å². The van der Waals surface area contributed by atoms with E-state index in [1.807, 2.05) is 0 Å². The van der Waals surface area contributed by atoms with Gasteiger partial charge in [0, 0.05) is 17.7 Å². The normalized spacial score (nSPS) is 25.2. The van der Waals surface area contributed by atoms with Gasteiger partial charge in [0.15, 0.2) is 11.9 Å². The van der Waals surface area contributed by atoms with Gasteiger partial charge >= 0.3 is 5.97 Å².